The Labute approximate surface area is 130 Å². The van der Waals surface area contributed by atoms with Crippen molar-refractivity contribution in [2.45, 2.75) is 46.6 Å². The van der Waals surface area contributed by atoms with Gasteiger partial charge in [0.25, 0.3) is 0 Å². The highest BCUT2D eigenvalue weighted by atomic mass is 79.9. The molecule has 0 bridgehead atoms. The van der Waals surface area contributed by atoms with E-state index in [1.807, 2.05) is 18.2 Å². The third kappa shape index (κ3) is 5.49. The number of hydrogen-bond donors (Lipinski definition) is 2. The molecular formula is C15H23BrN2S. The molecule has 0 aliphatic rings. The van der Waals surface area contributed by atoms with Crippen LogP contribution >= 0.6 is 28.1 Å². The first kappa shape index (κ1) is 16.4. The van der Waals surface area contributed by atoms with E-state index in [1.165, 1.54) is 0 Å². The van der Waals surface area contributed by atoms with Gasteiger partial charge in [0.2, 0.25) is 0 Å². The zero-order chi connectivity index (χ0) is 14.8. The highest BCUT2D eigenvalue weighted by Crippen LogP contribution is 2.32. The molecule has 3 N–H and O–H groups in total. The Morgan fingerprint density at radius 3 is 2.26 bits per heavy atom. The molecule has 2 nitrogen and oxygen atoms in total. The molecule has 0 radical (unpaired) electrons. The number of hydrogen-bond acceptors (Lipinski definition) is 2. The third-order valence-electron chi connectivity index (χ3n) is 2.70. The summed E-state index contributed by atoms with van der Waals surface area (Å²) < 4.78 is 0.986. The van der Waals surface area contributed by atoms with Gasteiger partial charge in [0.15, 0.2) is 0 Å². The lowest BCUT2D eigenvalue weighted by molar-refractivity contribution is 0.302. The van der Waals surface area contributed by atoms with Gasteiger partial charge in [0, 0.05) is 21.3 Å². The van der Waals surface area contributed by atoms with E-state index in [9.17, 15) is 0 Å². The molecule has 0 fully saturated rings. The minimum absolute atomic E-state index is 0.0194. The number of anilines is 1. The van der Waals surface area contributed by atoms with Crippen LogP contribution in [0.25, 0.3) is 0 Å². The van der Waals surface area contributed by atoms with Gasteiger partial charge in [-0.3, -0.25) is 0 Å². The number of rotatable bonds is 4. The van der Waals surface area contributed by atoms with Crippen LogP contribution in [0.15, 0.2) is 22.7 Å². The molecule has 0 aliphatic heterocycles. The second kappa shape index (κ2) is 5.80. The van der Waals surface area contributed by atoms with Crippen LogP contribution in [0.3, 0.4) is 0 Å². The van der Waals surface area contributed by atoms with Crippen molar-refractivity contribution in [3.05, 3.63) is 28.2 Å². The van der Waals surface area contributed by atoms with Crippen molar-refractivity contribution in [1.82, 2.24) is 0 Å². The number of nitrogens with one attached hydrogen (secondary N) is 1. The summed E-state index contributed by atoms with van der Waals surface area (Å²) in [4.78, 5) is 0.418. The maximum absolute atomic E-state index is 5.63. The van der Waals surface area contributed by atoms with E-state index < -0.39 is 0 Å². The monoisotopic (exact) mass is 342 g/mol. The van der Waals surface area contributed by atoms with Crippen molar-refractivity contribution in [3.8, 4) is 0 Å². The molecule has 106 valence electrons. The fourth-order valence-corrected chi connectivity index (χ4v) is 3.11. The lowest BCUT2D eigenvalue weighted by Crippen LogP contribution is -2.35. The molecule has 19 heavy (non-hydrogen) atoms. The smallest absolute Gasteiger partial charge is 0.104 e. The third-order valence-corrected chi connectivity index (χ3v) is 3.59. The predicted molar refractivity (Wildman–Crippen MR) is 91.8 cm³/mol. The predicted octanol–water partition coefficient (Wildman–Crippen LogP) is 4.71. The molecule has 1 aromatic rings. The summed E-state index contributed by atoms with van der Waals surface area (Å²) in [6.45, 7) is 11.2. The van der Waals surface area contributed by atoms with Gasteiger partial charge in [-0.05, 0) is 59.8 Å². The molecule has 0 aliphatic carbocycles. The minimum Gasteiger partial charge on any atom is -0.389 e. The Morgan fingerprint density at radius 2 is 1.84 bits per heavy atom. The lowest BCUT2D eigenvalue weighted by atomic mass is 9.81. The first-order valence-electron chi connectivity index (χ1n) is 6.38. The van der Waals surface area contributed by atoms with Crippen molar-refractivity contribution < 1.29 is 0 Å². The fourth-order valence-electron chi connectivity index (χ4n) is 2.50. The second-order valence-corrected chi connectivity index (χ2v) is 8.10. The summed E-state index contributed by atoms with van der Waals surface area (Å²) in [5.74, 6) is 0. The maximum atomic E-state index is 5.63. The van der Waals surface area contributed by atoms with Crippen molar-refractivity contribution in [1.29, 1.82) is 0 Å². The van der Waals surface area contributed by atoms with E-state index in [0.29, 0.717) is 4.99 Å². The Balaban J connectivity index is 2.91. The molecule has 0 saturated carbocycles. The number of thiocarbonyl (C=S) groups is 1. The van der Waals surface area contributed by atoms with Gasteiger partial charge in [-0.25, -0.2) is 0 Å². The van der Waals surface area contributed by atoms with Gasteiger partial charge >= 0.3 is 0 Å². The van der Waals surface area contributed by atoms with Crippen molar-refractivity contribution in [3.63, 3.8) is 0 Å². The Bertz CT molecular complexity index is 476. The summed E-state index contributed by atoms with van der Waals surface area (Å²) >= 11 is 8.55. The average molecular weight is 343 g/mol. The van der Waals surface area contributed by atoms with Gasteiger partial charge in [0.1, 0.15) is 4.99 Å². The van der Waals surface area contributed by atoms with E-state index in [2.05, 4.69) is 55.9 Å². The number of halogens is 1. The van der Waals surface area contributed by atoms with Crippen LogP contribution in [0.5, 0.6) is 0 Å². The van der Waals surface area contributed by atoms with E-state index in [-0.39, 0.29) is 11.0 Å². The molecule has 0 amide bonds. The van der Waals surface area contributed by atoms with Crippen LogP contribution in [0.2, 0.25) is 0 Å². The van der Waals surface area contributed by atoms with E-state index in [1.54, 1.807) is 0 Å². The van der Waals surface area contributed by atoms with Crippen LogP contribution in [-0.4, -0.2) is 10.5 Å². The first-order chi connectivity index (χ1) is 8.50. The number of benzene rings is 1. The molecular weight excluding hydrogens is 320 g/mol. The van der Waals surface area contributed by atoms with Crippen LogP contribution < -0.4 is 11.1 Å². The largest absolute Gasteiger partial charge is 0.389 e. The van der Waals surface area contributed by atoms with Gasteiger partial charge in [0.05, 0.1) is 0 Å². The average Bonchev–Trinajstić information content (AvgIpc) is 2.16. The molecule has 0 aromatic heterocycles. The second-order valence-electron chi connectivity index (χ2n) is 6.81. The normalized spacial score (nSPS) is 12.3. The molecule has 0 heterocycles. The summed E-state index contributed by atoms with van der Waals surface area (Å²) in [6, 6.07) is 5.92. The fraction of sp³-hybridized carbons (Fsp3) is 0.533. The Morgan fingerprint density at radius 1 is 1.26 bits per heavy atom. The van der Waals surface area contributed by atoms with E-state index in [4.69, 9.17) is 18.0 Å². The van der Waals surface area contributed by atoms with E-state index in [0.717, 1.165) is 22.1 Å². The topological polar surface area (TPSA) is 38.0 Å². The molecule has 0 saturated heterocycles. The van der Waals surface area contributed by atoms with Gasteiger partial charge < -0.3 is 11.1 Å². The highest BCUT2D eigenvalue weighted by Gasteiger charge is 2.25. The van der Waals surface area contributed by atoms with Crippen molar-refractivity contribution >= 4 is 38.8 Å². The number of nitrogens with two attached hydrogens (primary N) is 1. The minimum atomic E-state index is 0.0194. The zero-order valence-electron chi connectivity index (χ0n) is 12.3. The quantitative estimate of drug-likeness (QED) is 0.778. The molecule has 0 atom stereocenters. The van der Waals surface area contributed by atoms with Crippen LogP contribution in [0.1, 0.15) is 46.6 Å². The summed E-state index contributed by atoms with van der Waals surface area (Å²) in [7, 11) is 0. The standard InChI is InChI=1S/C15H23BrN2S/c1-14(2,3)9-15(4,5)18-12-7-6-10(13(17)19)8-11(12)16/h6-8,18H,9H2,1-5H3,(H2,17,19). The Kier molecular flexibility index (Phi) is 5.02. The van der Waals surface area contributed by atoms with Crippen LogP contribution in [-0.2, 0) is 0 Å². The Hall–Kier alpha value is -0.610. The summed E-state index contributed by atoms with van der Waals surface area (Å²) in [6.07, 6.45) is 1.07. The first-order valence-corrected chi connectivity index (χ1v) is 7.58. The van der Waals surface area contributed by atoms with Crippen LogP contribution in [0.4, 0.5) is 5.69 Å². The molecule has 1 rings (SSSR count). The van der Waals surface area contributed by atoms with Crippen LogP contribution in [0, 0.1) is 5.41 Å². The van der Waals surface area contributed by atoms with E-state index >= 15 is 0 Å². The van der Waals surface area contributed by atoms with Gasteiger partial charge in [-0.2, -0.15) is 0 Å². The van der Waals surface area contributed by atoms with Gasteiger partial charge in [-0.1, -0.05) is 33.0 Å². The summed E-state index contributed by atoms with van der Waals surface area (Å²) in [5, 5.41) is 3.58. The van der Waals surface area contributed by atoms with Crippen molar-refractivity contribution in [2.24, 2.45) is 11.1 Å². The summed E-state index contributed by atoms with van der Waals surface area (Å²) in [5.41, 5.74) is 7.87. The van der Waals surface area contributed by atoms with Crippen molar-refractivity contribution in [2.75, 3.05) is 5.32 Å². The van der Waals surface area contributed by atoms with Gasteiger partial charge in [-0.15, -0.1) is 0 Å². The zero-order valence-corrected chi connectivity index (χ0v) is 14.7. The lowest BCUT2D eigenvalue weighted by Gasteiger charge is -2.34. The molecule has 4 heteroatoms. The molecule has 0 spiro atoms. The maximum Gasteiger partial charge on any atom is 0.104 e. The molecule has 1 aromatic carbocycles. The SMILES string of the molecule is CC(C)(C)CC(C)(C)Nc1ccc(C(N)=S)cc1Br. The molecule has 0 unspecified atom stereocenters. The highest BCUT2D eigenvalue weighted by molar-refractivity contribution is 9.10.